The van der Waals surface area contributed by atoms with Gasteiger partial charge in [0.15, 0.2) is 0 Å². The third-order valence-electron chi connectivity index (χ3n) is 4.27. The molecule has 0 heterocycles. The number of rotatable bonds is 9. The SMILES string of the molecule is CCCOC(=O)C(Cc1ccc2ccccc2c1)NC(=O)CCC(C)C. The summed E-state index contributed by atoms with van der Waals surface area (Å²) in [4.78, 5) is 24.6. The summed E-state index contributed by atoms with van der Waals surface area (Å²) in [7, 11) is 0. The molecule has 0 bridgehead atoms. The molecule has 0 spiro atoms. The minimum Gasteiger partial charge on any atom is -0.464 e. The third-order valence-corrected chi connectivity index (χ3v) is 4.27. The summed E-state index contributed by atoms with van der Waals surface area (Å²) in [5.41, 5.74) is 1.01. The molecule has 4 heteroatoms. The van der Waals surface area contributed by atoms with Gasteiger partial charge in [-0.3, -0.25) is 4.79 Å². The standard InChI is InChI=1S/C22H29NO3/c1-4-13-26-22(25)20(23-21(24)12-9-16(2)3)15-17-10-11-18-7-5-6-8-19(18)14-17/h5-8,10-11,14,16,20H,4,9,12-13,15H2,1-3H3,(H,23,24). The topological polar surface area (TPSA) is 55.4 Å². The lowest BCUT2D eigenvalue weighted by Gasteiger charge is -2.18. The first-order valence-corrected chi connectivity index (χ1v) is 9.43. The molecule has 1 N–H and O–H groups in total. The molecule has 0 fully saturated rings. The van der Waals surface area contributed by atoms with E-state index in [4.69, 9.17) is 4.74 Å². The van der Waals surface area contributed by atoms with Gasteiger partial charge in [-0.15, -0.1) is 0 Å². The first-order chi connectivity index (χ1) is 12.5. The van der Waals surface area contributed by atoms with Gasteiger partial charge in [-0.05, 0) is 35.1 Å². The van der Waals surface area contributed by atoms with E-state index in [0.29, 0.717) is 25.4 Å². The van der Waals surface area contributed by atoms with Crippen LogP contribution in [0.25, 0.3) is 10.8 Å². The highest BCUT2D eigenvalue weighted by atomic mass is 16.5. The Morgan fingerprint density at radius 3 is 2.50 bits per heavy atom. The summed E-state index contributed by atoms with van der Waals surface area (Å²) in [6.07, 6.45) is 2.42. The number of amides is 1. The largest absolute Gasteiger partial charge is 0.464 e. The summed E-state index contributed by atoms with van der Waals surface area (Å²) < 4.78 is 5.29. The van der Waals surface area contributed by atoms with Crippen molar-refractivity contribution in [2.45, 2.75) is 52.5 Å². The summed E-state index contributed by atoms with van der Waals surface area (Å²) >= 11 is 0. The van der Waals surface area contributed by atoms with Crippen molar-refractivity contribution in [1.82, 2.24) is 5.32 Å². The Bertz CT molecular complexity index is 739. The van der Waals surface area contributed by atoms with Crippen molar-refractivity contribution in [3.8, 4) is 0 Å². The first kappa shape index (κ1) is 20.0. The van der Waals surface area contributed by atoms with Crippen molar-refractivity contribution in [1.29, 1.82) is 0 Å². The molecule has 2 rings (SSSR count). The van der Waals surface area contributed by atoms with Crippen LogP contribution in [0.5, 0.6) is 0 Å². The predicted octanol–water partition coefficient (Wildman–Crippen LogP) is 4.26. The highest BCUT2D eigenvalue weighted by Gasteiger charge is 2.22. The maximum atomic E-state index is 12.4. The molecule has 0 aliphatic carbocycles. The Morgan fingerprint density at radius 1 is 1.08 bits per heavy atom. The Balaban J connectivity index is 2.10. The van der Waals surface area contributed by atoms with Gasteiger partial charge < -0.3 is 10.1 Å². The molecule has 0 saturated heterocycles. The van der Waals surface area contributed by atoms with E-state index in [0.717, 1.165) is 29.2 Å². The van der Waals surface area contributed by atoms with E-state index in [1.165, 1.54) is 0 Å². The number of carbonyl (C=O) groups excluding carboxylic acids is 2. The Labute approximate surface area is 155 Å². The molecule has 0 aromatic heterocycles. The zero-order valence-corrected chi connectivity index (χ0v) is 16.0. The van der Waals surface area contributed by atoms with Crippen LogP contribution in [0.2, 0.25) is 0 Å². The van der Waals surface area contributed by atoms with Crippen LogP contribution < -0.4 is 5.32 Å². The van der Waals surface area contributed by atoms with Crippen LogP contribution in [0.15, 0.2) is 42.5 Å². The van der Waals surface area contributed by atoms with Gasteiger partial charge >= 0.3 is 5.97 Å². The second-order valence-electron chi connectivity index (χ2n) is 7.11. The van der Waals surface area contributed by atoms with Crippen molar-refractivity contribution in [2.75, 3.05) is 6.61 Å². The average Bonchev–Trinajstić information content (AvgIpc) is 2.63. The lowest BCUT2D eigenvalue weighted by molar-refractivity contribution is -0.147. The van der Waals surface area contributed by atoms with Gasteiger partial charge in [-0.2, -0.15) is 0 Å². The van der Waals surface area contributed by atoms with Crippen LogP contribution in [0.3, 0.4) is 0 Å². The van der Waals surface area contributed by atoms with Crippen LogP contribution in [0.1, 0.15) is 45.6 Å². The van der Waals surface area contributed by atoms with Crippen LogP contribution in [-0.4, -0.2) is 24.5 Å². The fraction of sp³-hybridized carbons (Fsp3) is 0.455. The number of fused-ring (bicyclic) bond motifs is 1. The highest BCUT2D eigenvalue weighted by molar-refractivity contribution is 5.86. The monoisotopic (exact) mass is 355 g/mol. The Morgan fingerprint density at radius 2 is 1.81 bits per heavy atom. The van der Waals surface area contributed by atoms with E-state index in [1.807, 2.05) is 37.3 Å². The quantitative estimate of drug-likeness (QED) is 0.684. The predicted molar refractivity (Wildman–Crippen MR) is 105 cm³/mol. The fourth-order valence-electron chi connectivity index (χ4n) is 2.78. The molecule has 0 saturated carbocycles. The van der Waals surface area contributed by atoms with E-state index in [2.05, 4.69) is 31.3 Å². The third kappa shape index (κ3) is 6.17. The van der Waals surface area contributed by atoms with Crippen LogP contribution in [-0.2, 0) is 20.7 Å². The molecule has 4 nitrogen and oxygen atoms in total. The molecule has 2 aromatic carbocycles. The molecule has 0 aliphatic heterocycles. The lowest BCUT2D eigenvalue weighted by atomic mass is 10.0. The van der Waals surface area contributed by atoms with Crippen molar-refractivity contribution >= 4 is 22.6 Å². The van der Waals surface area contributed by atoms with Crippen molar-refractivity contribution < 1.29 is 14.3 Å². The minimum atomic E-state index is -0.651. The summed E-state index contributed by atoms with van der Waals surface area (Å²) in [5.74, 6) is -0.0115. The van der Waals surface area contributed by atoms with E-state index >= 15 is 0 Å². The lowest BCUT2D eigenvalue weighted by Crippen LogP contribution is -2.43. The van der Waals surface area contributed by atoms with Crippen molar-refractivity contribution in [3.63, 3.8) is 0 Å². The maximum absolute atomic E-state index is 12.4. The number of esters is 1. The fourth-order valence-corrected chi connectivity index (χ4v) is 2.78. The molecule has 140 valence electrons. The number of hydrogen-bond acceptors (Lipinski definition) is 3. The molecule has 26 heavy (non-hydrogen) atoms. The summed E-state index contributed by atoms with van der Waals surface area (Å²) in [6.45, 7) is 6.48. The minimum absolute atomic E-state index is 0.0991. The molecule has 0 aliphatic rings. The van der Waals surface area contributed by atoms with E-state index in [-0.39, 0.29) is 11.9 Å². The highest BCUT2D eigenvalue weighted by Crippen LogP contribution is 2.17. The van der Waals surface area contributed by atoms with Gasteiger partial charge in [0, 0.05) is 12.8 Å². The second kappa shape index (κ2) is 9.95. The first-order valence-electron chi connectivity index (χ1n) is 9.43. The Kier molecular flexibility index (Phi) is 7.64. The van der Waals surface area contributed by atoms with Gasteiger partial charge in [0.2, 0.25) is 5.91 Å². The van der Waals surface area contributed by atoms with Gasteiger partial charge in [0.05, 0.1) is 6.61 Å². The van der Waals surface area contributed by atoms with E-state index < -0.39 is 6.04 Å². The molecule has 2 aromatic rings. The van der Waals surface area contributed by atoms with Gasteiger partial charge in [-0.1, -0.05) is 63.2 Å². The van der Waals surface area contributed by atoms with Gasteiger partial charge in [-0.25, -0.2) is 4.79 Å². The second-order valence-corrected chi connectivity index (χ2v) is 7.11. The Hall–Kier alpha value is -2.36. The van der Waals surface area contributed by atoms with Crippen LogP contribution in [0, 0.1) is 5.92 Å². The average molecular weight is 355 g/mol. The molecule has 1 amide bonds. The summed E-state index contributed by atoms with van der Waals surface area (Å²) in [5, 5.41) is 5.14. The number of ether oxygens (including phenoxy) is 1. The molecular formula is C22H29NO3. The maximum Gasteiger partial charge on any atom is 0.328 e. The number of carbonyl (C=O) groups is 2. The van der Waals surface area contributed by atoms with E-state index in [9.17, 15) is 9.59 Å². The normalized spacial score (nSPS) is 12.2. The van der Waals surface area contributed by atoms with Crippen molar-refractivity contribution in [3.05, 3.63) is 48.0 Å². The number of hydrogen-bond donors (Lipinski definition) is 1. The molecular weight excluding hydrogens is 326 g/mol. The van der Waals surface area contributed by atoms with Crippen LogP contribution in [0.4, 0.5) is 0 Å². The zero-order chi connectivity index (χ0) is 18.9. The van der Waals surface area contributed by atoms with Gasteiger partial charge in [0.25, 0.3) is 0 Å². The molecule has 0 radical (unpaired) electrons. The summed E-state index contributed by atoms with van der Waals surface area (Å²) in [6, 6.07) is 13.6. The number of nitrogens with one attached hydrogen (secondary N) is 1. The zero-order valence-electron chi connectivity index (χ0n) is 16.0. The van der Waals surface area contributed by atoms with E-state index in [1.54, 1.807) is 0 Å². The molecule has 1 atom stereocenters. The molecule has 1 unspecified atom stereocenters. The number of benzene rings is 2. The van der Waals surface area contributed by atoms with Gasteiger partial charge in [0.1, 0.15) is 6.04 Å². The smallest absolute Gasteiger partial charge is 0.328 e. The van der Waals surface area contributed by atoms with Crippen LogP contribution >= 0.6 is 0 Å². The van der Waals surface area contributed by atoms with Crippen molar-refractivity contribution in [2.24, 2.45) is 5.92 Å².